The number of hydrogen-bond donors (Lipinski definition) is 1. The van der Waals surface area contributed by atoms with Gasteiger partial charge in [-0.3, -0.25) is 0 Å². The van der Waals surface area contributed by atoms with Crippen LogP contribution in [0.5, 0.6) is 5.88 Å². The number of ether oxygens (including phenoxy) is 1. The van der Waals surface area contributed by atoms with Crippen LogP contribution in [0.15, 0.2) is 36.7 Å². The monoisotopic (exact) mass is 240 g/mol. The number of methoxy groups -OCH3 is 1. The Morgan fingerprint density at radius 1 is 1.28 bits per heavy atom. The van der Waals surface area contributed by atoms with Crippen LogP contribution in [0.2, 0.25) is 0 Å². The van der Waals surface area contributed by atoms with Crippen LogP contribution in [0.1, 0.15) is 11.1 Å². The van der Waals surface area contributed by atoms with Gasteiger partial charge in [-0.25, -0.2) is 9.97 Å². The smallest absolute Gasteiger partial charge is 0.213 e. The SMILES string of the molecule is COc1cc(CNc2cc(C#N)ccn2)ccn1. The molecule has 90 valence electrons. The van der Waals surface area contributed by atoms with Crippen LogP contribution >= 0.6 is 0 Å². The van der Waals surface area contributed by atoms with Crippen LogP contribution in [0.3, 0.4) is 0 Å². The second kappa shape index (κ2) is 5.64. The summed E-state index contributed by atoms with van der Waals surface area (Å²) >= 11 is 0. The molecule has 0 saturated heterocycles. The average Bonchev–Trinajstić information content (AvgIpc) is 2.45. The first-order valence-corrected chi connectivity index (χ1v) is 5.41. The Morgan fingerprint density at radius 2 is 2.11 bits per heavy atom. The molecule has 0 bridgehead atoms. The Kier molecular flexibility index (Phi) is 3.72. The van der Waals surface area contributed by atoms with Gasteiger partial charge in [0.2, 0.25) is 5.88 Å². The molecule has 2 aromatic rings. The molecule has 0 saturated carbocycles. The Bertz CT molecular complexity index is 577. The fourth-order valence-electron chi connectivity index (χ4n) is 1.46. The van der Waals surface area contributed by atoms with Crippen molar-refractivity contribution < 1.29 is 4.74 Å². The Morgan fingerprint density at radius 3 is 2.89 bits per heavy atom. The highest BCUT2D eigenvalue weighted by Crippen LogP contribution is 2.11. The normalized spacial score (nSPS) is 9.56. The second-order valence-corrected chi connectivity index (χ2v) is 3.60. The molecular weight excluding hydrogens is 228 g/mol. The van der Waals surface area contributed by atoms with Crippen molar-refractivity contribution in [3.63, 3.8) is 0 Å². The van der Waals surface area contributed by atoms with E-state index in [1.807, 2.05) is 12.1 Å². The summed E-state index contributed by atoms with van der Waals surface area (Å²) in [6.45, 7) is 0.598. The zero-order valence-electron chi connectivity index (χ0n) is 9.92. The maximum absolute atomic E-state index is 8.79. The third-order valence-electron chi connectivity index (χ3n) is 2.37. The molecule has 2 aromatic heterocycles. The average molecular weight is 240 g/mol. The van der Waals surface area contributed by atoms with E-state index >= 15 is 0 Å². The Hall–Kier alpha value is -2.61. The van der Waals surface area contributed by atoms with E-state index in [0.717, 1.165) is 5.56 Å². The lowest BCUT2D eigenvalue weighted by Crippen LogP contribution is -2.02. The van der Waals surface area contributed by atoms with E-state index in [-0.39, 0.29) is 0 Å². The van der Waals surface area contributed by atoms with E-state index in [1.165, 1.54) is 0 Å². The Labute approximate surface area is 105 Å². The highest BCUT2D eigenvalue weighted by atomic mass is 16.5. The molecular formula is C13H12N4O. The van der Waals surface area contributed by atoms with Gasteiger partial charge in [-0.1, -0.05) is 0 Å². The largest absolute Gasteiger partial charge is 0.481 e. The molecule has 0 fully saturated rings. The molecule has 0 aliphatic carbocycles. The van der Waals surface area contributed by atoms with Crippen LogP contribution < -0.4 is 10.1 Å². The zero-order chi connectivity index (χ0) is 12.8. The lowest BCUT2D eigenvalue weighted by Gasteiger charge is -2.06. The molecule has 0 spiro atoms. The van der Waals surface area contributed by atoms with Gasteiger partial charge in [-0.2, -0.15) is 5.26 Å². The summed E-state index contributed by atoms with van der Waals surface area (Å²) < 4.78 is 5.05. The molecule has 0 aromatic carbocycles. The number of pyridine rings is 2. The summed E-state index contributed by atoms with van der Waals surface area (Å²) in [5.41, 5.74) is 1.62. The van der Waals surface area contributed by atoms with Gasteiger partial charge in [-0.05, 0) is 23.8 Å². The molecule has 1 N–H and O–H groups in total. The van der Waals surface area contributed by atoms with Crippen molar-refractivity contribution in [2.45, 2.75) is 6.54 Å². The maximum Gasteiger partial charge on any atom is 0.213 e. The molecule has 0 atom stereocenters. The van der Waals surface area contributed by atoms with Crippen LogP contribution in [0, 0.1) is 11.3 Å². The van der Waals surface area contributed by atoms with E-state index in [4.69, 9.17) is 10.00 Å². The number of anilines is 1. The molecule has 0 aliphatic heterocycles. The second-order valence-electron chi connectivity index (χ2n) is 3.60. The van der Waals surface area contributed by atoms with Crippen molar-refractivity contribution in [2.75, 3.05) is 12.4 Å². The minimum atomic E-state index is 0.577. The molecule has 18 heavy (non-hydrogen) atoms. The van der Waals surface area contributed by atoms with Gasteiger partial charge in [0.25, 0.3) is 0 Å². The topological polar surface area (TPSA) is 70.8 Å². The van der Waals surface area contributed by atoms with Crippen LogP contribution in [-0.4, -0.2) is 17.1 Å². The van der Waals surface area contributed by atoms with E-state index in [0.29, 0.717) is 23.8 Å². The summed E-state index contributed by atoms with van der Waals surface area (Å²) in [6, 6.07) is 9.19. The van der Waals surface area contributed by atoms with Crippen LogP contribution in [0.4, 0.5) is 5.82 Å². The van der Waals surface area contributed by atoms with E-state index in [1.54, 1.807) is 31.6 Å². The molecule has 0 amide bonds. The van der Waals surface area contributed by atoms with Crippen molar-refractivity contribution in [3.8, 4) is 11.9 Å². The minimum Gasteiger partial charge on any atom is -0.481 e. The number of nitrogens with one attached hydrogen (secondary N) is 1. The number of rotatable bonds is 4. The van der Waals surface area contributed by atoms with Gasteiger partial charge in [-0.15, -0.1) is 0 Å². The van der Waals surface area contributed by atoms with E-state index < -0.39 is 0 Å². The summed E-state index contributed by atoms with van der Waals surface area (Å²) in [6.07, 6.45) is 3.29. The third kappa shape index (κ3) is 2.95. The van der Waals surface area contributed by atoms with Gasteiger partial charge in [0.05, 0.1) is 18.7 Å². The molecule has 5 nitrogen and oxygen atoms in total. The molecule has 0 radical (unpaired) electrons. The number of nitriles is 1. The van der Waals surface area contributed by atoms with Crippen molar-refractivity contribution >= 4 is 5.82 Å². The minimum absolute atomic E-state index is 0.577. The predicted molar refractivity (Wildman–Crippen MR) is 67.1 cm³/mol. The van der Waals surface area contributed by atoms with Crippen LogP contribution in [-0.2, 0) is 6.54 Å². The molecule has 0 aliphatic rings. The molecule has 5 heteroatoms. The summed E-state index contributed by atoms with van der Waals surface area (Å²) in [5, 5.41) is 11.9. The van der Waals surface area contributed by atoms with Crippen molar-refractivity contribution in [2.24, 2.45) is 0 Å². The van der Waals surface area contributed by atoms with Gasteiger partial charge in [0, 0.05) is 25.0 Å². The predicted octanol–water partition coefficient (Wildman–Crippen LogP) is 1.97. The summed E-state index contributed by atoms with van der Waals surface area (Å²) in [7, 11) is 1.58. The van der Waals surface area contributed by atoms with E-state index in [9.17, 15) is 0 Å². The van der Waals surface area contributed by atoms with Gasteiger partial charge < -0.3 is 10.1 Å². The standard InChI is InChI=1S/C13H12N4O/c1-18-13-7-11(3-5-16-13)9-17-12-6-10(8-14)2-4-15-12/h2-7H,9H2,1H3,(H,15,17). The fraction of sp³-hybridized carbons (Fsp3) is 0.154. The number of aromatic nitrogens is 2. The van der Waals surface area contributed by atoms with Crippen molar-refractivity contribution in [1.82, 2.24) is 9.97 Å². The fourth-order valence-corrected chi connectivity index (χ4v) is 1.46. The first-order valence-electron chi connectivity index (χ1n) is 5.41. The van der Waals surface area contributed by atoms with Gasteiger partial charge in [0.1, 0.15) is 5.82 Å². The first kappa shape index (κ1) is 11.9. The van der Waals surface area contributed by atoms with Crippen molar-refractivity contribution in [1.29, 1.82) is 5.26 Å². The van der Waals surface area contributed by atoms with Crippen LogP contribution in [0.25, 0.3) is 0 Å². The highest BCUT2D eigenvalue weighted by molar-refractivity contribution is 5.42. The Balaban J connectivity index is 2.04. The third-order valence-corrected chi connectivity index (χ3v) is 2.37. The lowest BCUT2D eigenvalue weighted by atomic mass is 10.2. The molecule has 0 unspecified atom stereocenters. The maximum atomic E-state index is 8.79. The quantitative estimate of drug-likeness (QED) is 0.884. The van der Waals surface area contributed by atoms with E-state index in [2.05, 4.69) is 21.4 Å². The zero-order valence-corrected chi connectivity index (χ0v) is 9.92. The molecule has 2 rings (SSSR count). The lowest BCUT2D eigenvalue weighted by molar-refractivity contribution is 0.397. The van der Waals surface area contributed by atoms with Gasteiger partial charge >= 0.3 is 0 Å². The molecule has 2 heterocycles. The highest BCUT2D eigenvalue weighted by Gasteiger charge is 1.99. The summed E-state index contributed by atoms with van der Waals surface area (Å²) in [4.78, 5) is 8.17. The summed E-state index contributed by atoms with van der Waals surface area (Å²) in [5.74, 6) is 1.25. The number of hydrogen-bond acceptors (Lipinski definition) is 5. The first-order chi connectivity index (χ1) is 8.81. The number of nitrogens with zero attached hydrogens (tertiary/aromatic N) is 3. The van der Waals surface area contributed by atoms with Gasteiger partial charge in [0.15, 0.2) is 0 Å². The van der Waals surface area contributed by atoms with Crippen molar-refractivity contribution in [3.05, 3.63) is 47.8 Å².